The summed E-state index contributed by atoms with van der Waals surface area (Å²) in [5, 5.41) is 10.5. The van der Waals surface area contributed by atoms with Crippen LogP contribution in [0.2, 0.25) is 0 Å². The number of non-ortho nitro benzene ring substituents is 1. The van der Waals surface area contributed by atoms with Crippen LogP contribution in [0, 0.1) is 22.0 Å². The molecule has 0 aromatic heterocycles. The van der Waals surface area contributed by atoms with Gasteiger partial charge in [0.2, 0.25) is 0 Å². The summed E-state index contributed by atoms with van der Waals surface area (Å²) in [5.41, 5.74) is 5.85. The molecule has 1 aromatic carbocycles. The van der Waals surface area contributed by atoms with Crippen molar-refractivity contribution in [2.45, 2.75) is 6.42 Å². The van der Waals surface area contributed by atoms with Gasteiger partial charge in [-0.1, -0.05) is 11.8 Å². The van der Waals surface area contributed by atoms with E-state index in [0.29, 0.717) is 24.8 Å². The minimum absolute atomic E-state index is 0.119. The smallest absolute Gasteiger partial charge is 0.270 e. The topological polar surface area (TPSA) is 86.2 Å². The Morgan fingerprint density at radius 1 is 1.50 bits per heavy atom. The molecule has 0 unspecified atom stereocenters. The lowest BCUT2D eigenvalue weighted by atomic mass is 10.1. The van der Waals surface area contributed by atoms with Crippen LogP contribution in [-0.2, 0) is 0 Å². The van der Waals surface area contributed by atoms with Crippen molar-refractivity contribution >= 4 is 12.0 Å². The van der Waals surface area contributed by atoms with Crippen molar-refractivity contribution in [3.63, 3.8) is 0 Å². The summed E-state index contributed by atoms with van der Waals surface area (Å²) < 4.78 is 0. The average Bonchev–Trinajstić information content (AvgIpc) is 2.29. The fourth-order valence-corrected chi connectivity index (χ4v) is 1.10. The minimum Gasteiger partial charge on any atom is -0.330 e. The van der Waals surface area contributed by atoms with Crippen LogP contribution >= 0.6 is 0 Å². The molecule has 0 atom stereocenters. The Hall–Kier alpha value is -2.19. The normalized spacial score (nSPS) is 9.06. The molecule has 0 amide bonds. The first-order valence-corrected chi connectivity index (χ1v) is 4.61. The lowest BCUT2D eigenvalue weighted by Crippen LogP contribution is -1.96. The molecule has 0 spiro atoms. The van der Waals surface area contributed by atoms with E-state index in [9.17, 15) is 14.9 Å². The van der Waals surface area contributed by atoms with E-state index in [4.69, 9.17) is 5.73 Å². The number of nitrogens with two attached hydrogens (primary N) is 1. The van der Waals surface area contributed by atoms with Gasteiger partial charge in [0, 0.05) is 36.2 Å². The van der Waals surface area contributed by atoms with Crippen molar-refractivity contribution in [3.05, 3.63) is 39.4 Å². The Labute approximate surface area is 92.4 Å². The molecule has 0 saturated carbocycles. The molecule has 0 aliphatic heterocycles. The lowest BCUT2D eigenvalue weighted by Gasteiger charge is -1.96. The van der Waals surface area contributed by atoms with Gasteiger partial charge in [-0.25, -0.2) is 0 Å². The molecule has 2 N–H and O–H groups in total. The molecular weight excluding hydrogens is 208 g/mol. The summed E-state index contributed by atoms with van der Waals surface area (Å²) in [6.45, 7) is 0.441. The molecule has 0 radical (unpaired) electrons. The van der Waals surface area contributed by atoms with Crippen LogP contribution in [0.4, 0.5) is 5.69 Å². The predicted molar refractivity (Wildman–Crippen MR) is 59.0 cm³/mol. The molecule has 0 fully saturated rings. The number of nitro groups is 1. The predicted octanol–water partition coefficient (Wildman–Crippen LogP) is 1.11. The highest BCUT2D eigenvalue weighted by Crippen LogP contribution is 2.15. The Bertz CT molecular complexity index is 472. The highest BCUT2D eigenvalue weighted by molar-refractivity contribution is 5.80. The Balaban J connectivity index is 3.08. The van der Waals surface area contributed by atoms with Crippen LogP contribution < -0.4 is 5.73 Å². The molecule has 0 aliphatic carbocycles. The van der Waals surface area contributed by atoms with Crippen LogP contribution in [0.5, 0.6) is 0 Å². The fraction of sp³-hybridized carbons (Fsp3) is 0.182. The summed E-state index contributed by atoms with van der Waals surface area (Å²) in [6, 6.07) is 3.99. The first-order chi connectivity index (χ1) is 7.69. The largest absolute Gasteiger partial charge is 0.330 e. The molecule has 82 valence electrons. The van der Waals surface area contributed by atoms with Crippen molar-refractivity contribution in [1.82, 2.24) is 0 Å². The maximum absolute atomic E-state index is 10.7. The zero-order valence-electron chi connectivity index (χ0n) is 8.47. The third-order valence-corrected chi connectivity index (χ3v) is 1.87. The Morgan fingerprint density at radius 2 is 2.25 bits per heavy atom. The fourth-order valence-electron chi connectivity index (χ4n) is 1.10. The first kappa shape index (κ1) is 11.9. The van der Waals surface area contributed by atoms with Crippen LogP contribution in [0.1, 0.15) is 22.3 Å². The van der Waals surface area contributed by atoms with E-state index in [2.05, 4.69) is 11.8 Å². The van der Waals surface area contributed by atoms with Gasteiger partial charge in [0.1, 0.15) is 0 Å². The van der Waals surface area contributed by atoms with Crippen LogP contribution in [0.25, 0.3) is 0 Å². The highest BCUT2D eigenvalue weighted by Gasteiger charge is 2.08. The molecule has 5 nitrogen and oxygen atoms in total. The zero-order chi connectivity index (χ0) is 12.0. The number of carbonyl (C=O) groups is 1. The van der Waals surface area contributed by atoms with Gasteiger partial charge in [-0.15, -0.1) is 0 Å². The highest BCUT2D eigenvalue weighted by atomic mass is 16.6. The van der Waals surface area contributed by atoms with Gasteiger partial charge in [-0.3, -0.25) is 14.9 Å². The maximum atomic E-state index is 10.7. The van der Waals surface area contributed by atoms with Crippen molar-refractivity contribution in [2.75, 3.05) is 6.54 Å². The molecule has 1 rings (SSSR count). The first-order valence-electron chi connectivity index (χ1n) is 4.61. The van der Waals surface area contributed by atoms with Gasteiger partial charge in [-0.05, 0) is 6.07 Å². The van der Waals surface area contributed by atoms with Gasteiger partial charge in [-0.2, -0.15) is 0 Å². The maximum Gasteiger partial charge on any atom is 0.270 e. The van der Waals surface area contributed by atoms with Crippen molar-refractivity contribution < 1.29 is 9.72 Å². The van der Waals surface area contributed by atoms with E-state index in [1.165, 1.54) is 18.2 Å². The standard InChI is InChI=1S/C11H10N2O3/c12-6-2-1-3-9-4-5-11(13(15)16)7-10(9)8-14/h4-5,7-8H,2,6,12H2. The summed E-state index contributed by atoms with van der Waals surface area (Å²) in [4.78, 5) is 20.6. The van der Waals surface area contributed by atoms with Gasteiger partial charge in [0.15, 0.2) is 6.29 Å². The number of nitrogens with zero attached hydrogens (tertiary/aromatic N) is 1. The van der Waals surface area contributed by atoms with Gasteiger partial charge >= 0.3 is 0 Å². The second kappa shape index (κ2) is 5.63. The molecule has 5 heteroatoms. The number of nitro benzene ring substituents is 1. The molecule has 0 bridgehead atoms. The third kappa shape index (κ3) is 2.90. The molecule has 0 aliphatic rings. The molecule has 0 heterocycles. The molecule has 16 heavy (non-hydrogen) atoms. The molecule has 0 saturated heterocycles. The average molecular weight is 218 g/mol. The van der Waals surface area contributed by atoms with E-state index in [0.717, 1.165) is 0 Å². The van der Waals surface area contributed by atoms with E-state index in [-0.39, 0.29) is 11.3 Å². The van der Waals surface area contributed by atoms with E-state index in [1.54, 1.807) is 0 Å². The van der Waals surface area contributed by atoms with E-state index < -0.39 is 4.92 Å². The number of aldehydes is 1. The van der Waals surface area contributed by atoms with Gasteiger partial charge in [0.05, 0.1) is 4.92 Å². The number of rotatable bonds is 3. The number of hydrogen-bond donors (Lipinski definition) is 1. The van der Waals surface area contributed by atoms with Crippen LogP contribution in [-0.4, -0.2) is 17.8 Å². The number of hydrogen-bond acceptors (Lipinski definition) is 4. The molecular formula is C11H10N2O3. The monoisotopic (exact) mass is 218 g/mol. The van der Waals surface area contributed by atoms with Crippen molar-refractivity contribution in [1.29, 1.82) is 0 Å². The number of benzene rings is 1. The zero-order valence-corrected chi connectivity index (χ0v) is 8.47. The third-order valence-electron chi connectivity index (χ3n) is 1.87. The van der Waals surface area contributed by atoms with Crippen molar-refractivity contribution in [3.8, 4) is 11.8 Å². The second-order valence-corrected chi connectivity index (χ2v) is 2.99. The summed E-state index contributed by atoms with van der Waals surface area (Å²) in [6.07, 6.45) is 1.08. The SMILES string of the molecule is NCCC#Cc1ccc([N+](=O)[O-])cc1C=O. The lowest BCUT2D eigenvalue weighted by molar-refractivity contribution is -0.384. The van der Waals surface area contributed by atoms with Gasteiger partial charge < -0.3 is 5.73 Å². The minimum atomic E-state index is -0.551. The van der Waals surface area contributed by atoms with Crippen LogP contribution in [0.3, 0.4) is 0 Å². The quantitative estimate of drug-likeness (QED) is 0.356. The summed E-state index contributed by atoms with van der Waals surface area (Å²) in [5.74, 6) is 5.52. The number of carbonyl (C=O) groups excluding carboxylic acids is 1. The second-order valence-electron chi connectivity index (χ2n) is 2.99. The summed E-state index contributed by atoms with van der Waals surface area (Å²) in [7, 11) is 0. The van der Waals surface area contributed by atoms with Crippen LogP contribution in [0.15, 0.2) is 18.2 Å². The van der Waals surface area contributed by atoms with Crippen molar-refractivity contribution in [2.24, 2.45) is 5.73 Å². The summed E-state index contributed by atoms with van der Waals surface area (Å²) >= 11 is 0. The Morgan fingerprint density at radius 3 is 2.81 bits per heavy atom. The van der Waals surface area contributed by atoms with E-state index in [1.807, 2.05) is 0 Å². The molecule has 1 aromatic rings. The van der Waals surface area contributed by atoms with E-state index >= 15 is 0 Å². The Kier molecular flexibility index (Phi) is 4.18. The van der Waals surface area contributed by atoms with Gasteiger partial charge in [0.25, 0.3) is 5.69 Å².